The summed E-state index contributed by atoms with van der Waals surface area (Å²) in [7, 11) is -4.09. The molecule has 1 heterocycles. The van der Waals surface area contributed by atoms with Crippen molar-refractivity contribution in [2.75, 3.05) is 11.9 Å². The summed E-state index contributed by atoms with van der Waals surface area (Å²) in [5.41, 5.74) is 1.59. The number of anilines is 1. The fourth-order valence-corrected chi connectivity index (χ4v) is 6.73. The van der Waals surface area contributed by atoms with Gasteiger partial charge >= 0.3 is 5.97 Å². The van der Waals surface area contributed by atoms with Crippen LogP contribution in [-0.4, -0.2) is 59.5 Å². The Bertz CT molecular complexity index is 1490. The molecule has 11 heteroatoms. The van der Waals surface area contributed by atoms with Gasteiger partial charge in [0.05, 0.1) is 11.3 Å². The van der Waals surface area contributed by atoms with Crippen LogP contribution in [0.25, 0.3) is 10.8 Å². The monoisotopic (exact) mass is 569 g/mol. The topological polar surface area (TPSA) is 133 Å². The number of fused-ring (bicyclic) bond motifs is 1. The maximum Gasteiger partial charge on any atom is 0.326 e. The molecule has 3 N–H and O–H groups in total. The average Bonchev–Trinajstić information content (AvgIpc) is 3.31. The van der Waals surface area contributed by atoms with Gasteiger partial charge in [0.2, 0.25) is 21.8 Å². The van der Waals surface area contributed by atoms with Crippen LogP contribution in [0.3, 0.4) is 0 Å². The predicted molar refractivity (Wildman–Crippen MR) is 152 cm³/mol. The first-order chi connectivity index (χ1) is 18.5. The highest BCUT2D eigenvalue weighted by molar-refractivity contribution is 7.89. The van der Waals surface area contributed by atoms with Gasteiger partial charge in [-0.15, -0.1) is 0 Å². The van der Waals surface area contributed by atoms with Crippen molar-refractivity contribution in [1.29, 1.82) is 0 Å². The molecular formula is C28H31N3O6S2. The Kier molecular flexibility index (Phi) is 8.63. The van der Waals surface area contributed by atoms with Crippen LogP contribution in [0.2, 0.25) is 0 Å². The molecule has 1 saturated heterocycles. The van der Waals surface area contributed by atoms with E-state index in [2.05, 4.69) is 23.3 Å². The highest BCUT2D eigenvalue weighted by Crippen LogP contribution is 2.30. The number of amides is 2. The smallest absolute Gasteiger partial charge is 0.326 e. The summed E-state index contributed by atoms with van der Waals surface area (Å²) in [6.07, 6.45) is -0.427. The van der Waals surface area contributed by atoms with Gasteiger partial charge < -0.3 is 15.7 Å². The summed E-state index contributed by atoms with van der Waals surface area (Å²) < 4.78 is 28.1. The zero-order valence-corrected chi connectivity index (χ0v) is 23.3. The molecule has 1 aliphatic heterocycles. The van der Waals surface area contributed by atoms with Crippen LogP contribution in [0.1, 0.15) is 38.2 Å². The van der Waals surface area contributed by atoms with Crippen molar-refractivity contribution < 1.29 is 27.9 Å². The van der Waals surface area contributed by atoms with Crippen LogP contribution in [0.5, 0.6) is 0 Å². The zero-order valence-electron chi connectivity index (χ0n) is 21.6. The molecule has 0 radical (unpaired) electrons. The molecular weight excluding hydrogens is 538 g/mol. The van der Waals surface area contributed by atoms with E-state index in [4.69, 9.17) is 0 Å². The summed E-state index contributed by atoms with van der Waals surface area (Å²) in [4.78, 5) is 37.7. The Morgan fingerprint density at radius 2 is 1.69 bits per heavy atom. The standard InChI is InChI=1S/C28H31N3O6S2/c1-17(2)18-7-10-21(11-8-18)29-26(32)15-24(28(34)35)30-27(33)25-14-22(38)16-31(25)39(36,37)23-12-9-19-5-3-4-6-20(19)13-23/h3-13,17,22,24-25,38H,14-16H2,1-2H3,(H,29,32)(H,30,33)(H,34,35)/t22-,24+,25+/m1/s1. The van der Waals surface area contributed by atoms with Crippen molar-refractivity contribution in [3.05, 3.63) is 72.3 Å². The number of rotatable bonds is 9. The van der Waals surface area contributed by atoms with Gasteiger partial charge in [0.25, 0.3) is 0 Å². The van der Waals surface area contributed by atoms with Gasteiger partial charge in [-0.2, -0.15) is 16.9 Å². The van der Waals surface area contributed by atoms with Gasteiger partial charge in [-0.25, -0.2) is 13.2 Å². The van der Waals surface area contributed by atoms with E-state index >= 15 is 0 Å². The van der Waals surface area contributed by atoms with E-state index in [9.17, 15) is 27.9 Å². The molecule has 0 aliphatic carbocycles. The van der Waals surface area contributed by atoms with Gasteiger partial charge in [0.1, 0.15) is 12.1 Å². The van der Waals surface area contributed by atoms with Gasteiger partial charge in [-0.1, -0.05) is 56.3 Å². The maximum atomic E-state index is 13.5. The molecule has 3 aromatic carbocycles. The molecule has 206 valence electrons. The molecule has 1 fully saturated rings. The summed E-state index contributed by atoms with van der Waals surface area (Å²) in [6, 6.07) is 16.5. The molecule has 3 aromatic rings. The van der Waals surface area contributed by atoms with E-state index in [0.717, 1.165) is 20.6 Å². The average molecular weight is 570 g/mol. The van der Waals surface area contributed by atoms with Crippen LogP contribution < -0.4 is 10.6 Å². The molecule has 0 saturated carbocycles. The number of aliphatic carboxylic acids is 1. The molecule has 0 aromatic heterocycles. The second-order valence-electron chi connectivity index (χ2n) is 9.92. The highest BCUT2D eigenvalue weighted by atomic mass is 32.2. The van der Waals surface area contributed by atoms with Crippen LogP contribution in [-0.2, 0) is 24.4 Å². The number of nitrogens with one attached hydrogen (secondary N) is 2. The summed E-state index contributed by atoms with van der Waals surface area (Å²) in [5.74, 6) is -2.48. The van der Waals surface area contributed by atoms with E-state index in [1.54, 1.807) is 36.4 Å². The number of nitrogens with zero attached hydrogens (tertiary/aromatic N) is 1. The van der Waals surface area contributed by atoms with Crippen molar-refractivity contribution in [3.63, 3.8) is 0 Å². The van der Waals surface area contributed by atoms with Gasteiger partial charge in [0.15, 0.2) is 0 Å². The number of hydrogen-bond donors (Lipinski definition) is 4. The first-order valence-electron chi connectivity index (χ1n) is 12.6. The van der Waals surface area contributed by atoms with Crippen molar-refractivity contribution >= 4 is 56.9 Å². The number of carbonyl (C=O) groups is 3. The lowest BCUT2D eigenvalue weighted by Gasteiger charge is -2.25. The minimum Gasteiger partial charge on any atom is -0.480 e. The first kappa shape index (κ1) is 28.6. The lowest BCUT2D eigenvalue weighted by atomic mass is 10.0. The van der Waals surface area contributed by atoms with E-state index in [-0.39, 0.29) is 17.9 Å². The Labute approximate surface area is 233 Å². The minimum atomic E-state index is -4.09. The van der Waals surface area contributed by atoms with Crippen LogP contribution in [0.15, 0.2) is 71.6 Å². The number of hydrogen-bond acceptors (Lipinski definition) is 6. The number of carboxylic acids is 1. The third-order valence-corrected chi connectivity index (χ3v) is 8.97. The molecule has 1 aliphatic rings. The zero-order chi connectivity index (χ0) is 28.3. The van der Waals surface area contributed by atoms with Gasteiger partial charge in [0, 0.05) is 17.5 Å². The van der Waals surface area contributed by atoms with E-state index < -0.39 is 51.6 Å². The van der Waals surface area contributed by atoms with Crippen LogP contribution >= 0.6 is 12.6 Å². The fraction of sp³-hybridized carbons (Fsp3) is 0.321. The molecule has 9 nitrogen and oxygen atoms in total. The Hall–Kier alpha value is -3.41. The molecule has 3 atom stereocenters. The number of sulfonamides is 1. The fourth-order valence-electron chi connectivity index (χ4n) is 4.57. The number of carboxylic acid groups (broad SMARTS) is 1. The molecule has 0 unspecified atom stereocenters. The molecule has 0 bridgehead atoms. The van der Waals surface area contributed by atoms with Crippen molar-refractivity contribution in [2.45, 2.75) is 54.8 Å². The number of carbonyl (C=O) groups excluding carboxylic acids is 2. The summed E-state index contributed by atoms with van der Waals surface area (Å²) in [5, 5.41) is 15.9. The molecule has 39 heavy (non-hydrogen) atoms. The maximum absolute atomic E-state index is 13.5. The Balaban J connectivity index is 1.47. The lowest BCUT2D eigenvalue weighted by molar-refractivity contribution is -0.143. The third-order valence-electron chi connectivity index (χ3n) is 6.73. The van der Waals surface area contributed by atoms with Crippen LogP contribution in [0.4, 0.5) is 5.69 Å². The number of benzene rings is 3. The lowest BCUT2D eigenvalue weighted by Crippen LogP contribution is -2.51. The van der Waals surface area contributed by atoms with E-state index in [0.29, 0.717) is 11.6 Å². The highest BCUT2D eigenvalue weighted by Gasteiger charge is 2.44. The second kappa shape index (κ2) is 11.8. The Morgan fingerprint density at radius 1 is 1.03 bits per heavy atom. The van der Waals surface area contributed by atoms with E-state index in [1.165, 1.54) is 6.07 Å². The normalized spacial score (nSPS) is 18.7. The SMILES string of the molecule is CC(C)c1ccc(NC(=O)C[C@H](NC(=O)[C@@H]2C[C@@H](S)CN2S(=O)(=O)c2ccc3ccccc3c2)C(=O)O)cc1. The number of thiol groups is 1. The minimum absolute atomic E-state index is 0.0129. The molecule has 0 spiro atoms. The van der Waals surface area contributed by atoms with E-state index in [1.807, 2.05) is 38.1 Å². The second-order valence-corrected chi connectivity index (χ2v) is 12.5. The third kappa shape index (κ3) is 6.60. The van der Waals surface area contributed by atoms with Crippen LogP contribution in [0, 0.1) is 0 Å². The quantitative estimate of drug-likeness (QED) is 0.291. The predicted octanol–water partition coefficient (Wildman–Crippen LogP) is 3.62. The van der Waals surface area contributed by atoms with Crippen molar-refractivity contribution in [2.24, 2.45) is 0 Å². The summed E-state index contributed by atoms with van der Waals surface area (Å²) >= 11 is 4.40. The van der Waals surface area contributed by atoms with Gasteiger partial charge in [-0.05, 0) is 52.9 Å². The Morgan fingerprint density at radius 3 is 2.33 bits per heavy atom. The largest absolute Gasteiger partial charge is 0.480 e. The summed E-state index contributed by atoms with van der Waals surface area (Å²) in [6.45, 7) is 4.07. The molecule has 4 rings (SSSR count). The van der Waals surface area contributed by atoms with Crippen molar-refractivity contribution in [1.82, 2.24) is 9.62 Å². The van der Waals surface area contributed by atoms with Crippen molar-refractivity contribution in [3.8, 4) is 0 Å². The van der Waals surface area contributed by atoms with Gasteiger partial charge in [-0.3, -0.25) is 9.59 Å². The first-order valence-corrected chi connectivity index (χ1v) is 14.5. The molecule has 2 amide bonds.